The van der Waals surface area contributed by atoms with Gasteiger partial charge in [0.1, 0.15) is 10.7 Å². The van der Waals surface area contributed by atoms with Crippen molar-refractivity contribution in [2.24, 2.45) is 5.73 Å². The number of halogens is 1. The van der Waals surface area contributed by atoms with Crippen LogP contribution in [0.3, 0.4) is 0 Å². The number of aromatic nitrogens is 1. The summed E-state index contributed by atoms with van der Waals surface area (Å²) in [5.74, 6) is -0.497. The maximum absolute atomic E-state index is 11.9. The monoisotopic (exact) mass is 312 g/mol. The maximum Gasteiger partial charge on any atom is 0.275 e. The molecule has 3 N–H and O–H groups in total. The molecule has 0 unspecified atom stereocenters. The molecule has 0 aliphatic heterocycles. The zero-order chi connectivity index (χ0) is 14.7. The van der Waals surface area contributed by atoms with Crippen LogP contribution in [0.25, 0.3) is 0 Å². The first-order chi connectivity index (χ1) is 9.51. The second-order valence-electron chi connectivity index (χ2n) is 3.71. The molecule has 0 saturated heterocycles. The second kappa shape index (κ2) is 5.95. The number of non-ortho nitro benzene ring substituents is 1. The van der Waals surface area contributed by atoms with E-state index in [1.165, 1.54) is 29.5 Å². The van der Waals surface area contributed by atoms with Gasteiger partial charge in [-0.25, -0.2) is 4.98 Å². The lowest BCUT2D eigenvalue weighted by Gasteiger charge is -2.05. The minimum absolute atomic E-state index is 0.160. The molecule has 104 valence electrons. The van der Waals surface area contributed by atoms with E-state index in [9.17, 15) is 14.9 Å². The molecule has 0 bridgehead atoms. The number of benzene rings is 1. The number of thiazole rings is 1. The summed E-state index contributed by atoms with van der Waals surface area (Å²) < 4.78 is 0. The highest BCUT2D eigenvalue weighted by atomic mass is 35.5. The fourth-order valence-corrected chi connectivity index (χ4v) is 2.24. The van der Waals surface area contributed by atoms with E-state index in [0.717, 1.165) is 0 Å². The summed E-state index contributed by atoms with van der Waals surface area (Å²) in [5, 5.41) is 15.6. The average Bonchev–Trinajstić information content (AvgIpc) is 2.89. The van der Waals surface area contributed by atoms with E-state index in [2.05, 4.69) is 10.3 Å². The third-order valence-corrected chi connectivity index (χ3v) is 3.57. The summed E-state index contributed by atoms with van der Waals surface area (Å²) in [6, 6.07) is 3.80. The number of amides is 1. The molecule has 1 heterocycles. The molecule has 9 heteroatoms. The fourth-order valence-electron chi connectivity index (χ4n) is 1.42. The first-order valence-electron chi connectivity index (χ1n) is 5.41. The summed E-state index contributed by atoms with van der Waals surface area (Å²) in [4.78, 5) is 26.1. The maximum atomic E-state index is 11.9. The van der Waals surface area contributed by atoms with Crippen molar-refractivity contribution < 1.29 is 9.72 Å². The van der Waals surface area contributed by atoms with Crippen LogP contribution in [0.15, 0.2) is 23.6 Å². The molecule has 1 amide bonds. The normalized spacial score (nSPS) is 10.3. The SMILES string of the molecule is NCc1nc(C(=O)Nc2cc([N+](=O)[O-])ccc2Cl)cs1. The Morgan fingerprint density at radius 3 is 2.90 bits per heavy atom. The van der Waals surface area contributed by atoms with Gasteiger partial charge in [-0.05, 0) is 6.07 Å². The topological polar surface area (TPSA) is 111 Å². The summed E-state index contributed by atoms with van der Waals surface area (Å²) >= 11 is 7.15. The Hall–Kier alpha value is -2.03. The molecular formula is C11H9ClN4O3S. The van der Waals surface area contributed by atoms with Crippen molar-refractivity contribution in [2.45, 2.75) is 6.54 Å². The minimum atomic E-state index is -0.568. The number of carbonyl (C=O) groups is 1. The number of carbonyl (C=O) groups excluding carboxylic acids is 1. The third-order valence-electron chi connectivity index (χ3n) is 2.37. The van der Waals surface area contributed by atoms with Gasteiger partial charge in [0.2, 0.25) is 0 Å². The summed E-state index contributed by atoms with van der Waals surface area (Å²) in [6.45, 7) is 0.246. The standard InChI is InChI=1S/C11H9ClN4O3S/c12-7-2-1-6(16(18)19)3-8(7)15-11(17)9-5-20-10(4-13)14-9/h1-3,5H,4,13H2,(H,15,17). The minimum Gasteiger partial charge on any atom is -0.325 e. The highest BCUT2D eigenvalue weighted by Gasteiger charge is 2.15. The number of hydrogen-bond donors (Lipinski definition) is 2. The van der Waals surface area contributed by atoms with Gasteiger partial charge in [0, 0.05) is 24.1 Å². The van der Waals surface area contributed by atoms with Crippen molar-refractivity contribution in [3.8, 4) is 0 Å². The molecule has 0 radical (unpaired) electrons. The van der Waals surface area contributed by atoms with Crippen LogP contribution in [0, 0.1) is 10.1 Å². The first kappa shape index (κ1) is 14.4. The number of rotatable bonds is 4. The molecule has 0 fully saturated rings. The number of nitro benzene ring substituents is 1. The molecular weight excluding hydrogens is 304 g/mol. The Bertz CT molecular complexity index is 673. The highest BCUT2D eigenvalue weighted by Crippen LogP contribution is 2.27. The van der Waals surface area contributed by atoms with E-state index in [1.54, 1.807) is 5.38 Å². The first-order valence-corrected chi connectivity index (χ1v) is 6.67. The number of nitrogens with two attached hydrogens (primary N) is 1. The van der Waals surface area contributed by atoms with Crippen LogP contribution in [0.2, 0.25) is 5.02 Å². The summed E-state index contributed by atoms with van der Waals surface area (Å²) in [6.07, 6.45) is 0. The van der Waals surface area contributed by atoms with Crippen molar-refractivity contribution in [2.75, 3.05) is 5.32 Å². The quantitative estimate of drug-likeness (QED) is 0.665. The van der Waals surface area contributed by atoms with E-state index in [0.29, 0.717) is 5.01 Å². The highest BCUT2D eigenvalue weighted by molar-refractivity contribution is 7.09. The Morgan fingerprint density at radius 1 is 1.55 bits per heavy atom. The zero-order valence-corrected chi connectivity index (χ0v) is 11.6. The van der Waals surface area contributed by atoms with E-state index < -0.39 is 10.8 Å². The van der Waals surface area contributed by atoms with Gasteiger partial charge in [-0.2, -0.15) is 0 Å². The predicted octanol–water partition coefficient (Wildman–Crippen LogP) is 2.42. The molecule has 0 spiro atoms. The van der Waals surface area contributed by atoms with Crippen molar-refractivity contribution in [1.29, 1.82) is 0 Å². The number of hydrogen-bond acceptors (Lipinski definition) is 6. The number of nitro groups is 1. The predicted molar refractivity (Wildman–Crippen MR) is 76.1 cm³/mol. The lowest BCUT2D eigenvalue weighted by atomic mass is 10.2. The van der Waals surface area contributed by atoms with Crippen molar-refractivity contribution in [3.63, 3.8) is 0 Å². The molecule has 2 aromatic rings. The number of anilines is 1. The van der Waals surface area contributed by atoms with Crippen LogP contribution in [0.1, 0.15) is 15.5 Å². The second-order valence-corrected chi connectivity index (χ2v) is 5.06. The van der Waals surface area contributed by atoms with E-state index in [1.807, 2.05) is 0 Å². The molecule has 0 aliphatic carbocycles. The molecule has 7 nitrogen and oxygen atoms in total. The molecule has 20 heavy (non-hydrogen) atoms. The molecule has 1 aromatic heterocycles. The van der Waals surface area contributed by atoms with Crippen molar-refractivity contribution in [3.05, 3.63) is 49.4 Å². The Labute approximate surface area is 122 Å². The number of nitrogens with one attached hydrogen (secondary N) is 1. The van der Waals surface area contributed by atoms with Gasteiger partial charge in [0.25, 0.3) is 11.6 Å². The zero-order valence-electron chi connectivity index (χ0n) is 10.00. The van der Waals surface area contributed by atoms with Gasteiger partial charge < -0.3 is 11.1 Å². The van der Waals surface area contributed by atoms with Crippen molar-refractivity contribution in [1.82, 2.24) is 4.98 Å². The molecule has 0 saturated carbocycles. The summed E-state index contributed by atoms with van der Waals surface area (Å²) in [7, 11) is 0. The van der Waals surface area contributed by atoms with Crippen LogP contribution < -0.4 is 11.1 Å². The molecule has 0 aliphatic rings. The van der Waals surface area contributed by atoms with Crippen LogP contribution in [0.5, 0.6) is 0 Å². The van der Waals surface area contributed by atoms with Gasteiger partial charge in [0.15, 0.2) is 0 Å². The molecule has 1 aromatic carbocycles. The van der Waals surface area contributed by atoms with Crippen LogP contribution >= 0.6 is 22.9 Å². The fraction of sp³-hybridized carbons (Fsp3) is 0.0909. The smallest absolute Gasteiger partial charge is 0.275 e. The van der Waals surface area contributed by atoms with Gasteiger partial charge in [0.05, 0.1) is 15.6 Å². The van der Waals surface area contributed by atoms with Gasteiger partial charge >= 0.3 is 0 Å². The Balaban J connectivity index is 2.22. The lowest BCUT2D eigenvalue weighted by molar-refractivity contribution is -0.384. The third kappa shape index (κ3) is 3.10. The van der Waals surface area contributed by atoms with Gasteiger partial charge in [-0.15, -0.1) is 11.3 Å². The van der Waals surface area contributed by atoms with E-state index >= 15 is 0 Å². The Morgan fingerprint density at radius 2 is 2.30 bits per heavy atom. The Kier molecular flexibility index (Phi) is 4.28. The van der Waals surface area contributed by atoms with Gasteiger partial charge in [-0.3, -0.25) is 14.9 Å². The van der Waals surface area contributed by atoms with E-state index in [-0.39, 0.29) is 28.6 Å². The molecule has 0 atom stereocenters. The summed E-state index contributed by atoms with van der Waals surface area (Å²) in [5.41, 5.74) is 5.60. The van der Waals surface area contributed by atoms with Gasteiger partial charge in [-0.1, -0.05) is 11.6 Å². The van der Waals surface area contributed by atoms with Crippen molar-refractivity contribution >= 4 is 40.2 Å². The average molecular weight is 313 g/mol. The number of nitrogens with zero attached hydrogens (tertiary/aromatic N) is 2. The lowest BCUT2D eigenvalue weighted by Crippen LogP contribution is -2.13. The van der Waals surface area contributed by atoms with Crippen LogP contribution in [-0.4, -0.2) is 15.8 Å². The van der Waals surface area contributed by atoms with Crippen LogP contribution in [-0.2, 0) is 6.54 Å². The largest absolute Gasteiger partial charge is 0.325 e. The van der Waals surface area contributed by atoms with Crippen LogP contribution in [0.4, 0.5) is 11.4 Å². The van der Waals surface area contributed by atoms with E-state index in [4.69, 9.17) is 17.3 Å². The molecule has 2 rings (SSSR count).